The van der Waals surface area contributed by atoms with Crippen LogP contribution in [0.4, 0.5) is 0 Å². The Morgan fingerprint density at radius 2 is 1.88 bits per heavy atom. The number of nitrogens with zero attached hydrogens (tertiary/aromatic N) is 3. The second-order valence-corrected chi connectivity index (χ2v) is 8.05. The summed E-state index contributed by atoms with van der Waals surface area (Å²) >= 11 is 1.64. The first-order valence-electron chi connectivity index (χ1n) is 9.32. The number of hydrogen-bond acceptors (Lipinski definition) is 5. The number of ether oxygens (including phenoxy) is 1. The normalized spacial score (nSPS) is 12.0. The first-order valence-corrected chi connectivity index (χ1v) is 10.3. The predicted molar refractivity (Wildman–Crippen MR) is 110 cm³/mol. The average molecular weight is 378 g/mol. The number of thioether (sulfide) groups is 1. The summed E-state index contributed by atoms with van der Waals surface area (Å²) < 4.78 is 6.97. The molecule has 0 fully saturated rings. The summed E-state index contributed by atoms with van der Waals surface area (Å²) in [6, 6.07) is 8.49. The van der Waals surface area contributed by atoms with Gasteiger partial charge >= 0.3 is 0 Å². The highest BCUT2D eigenvalue weighted by Crippen LogP contribution is 2.19. The van der Waals surface area contributed by atoms with Crippen molar-refractivity contribution in [2.24, 2.45) is 0 Å². The monoisotopic (exact) mass is 377 g/mol. The Kier molecular flexibility index (Phi) is 8.13. The molecule has 26 heavy (non-hydrogen) atoms. The Morgan fingerprint density at radius 1 is 1.19 bits per heavy atom. The Morgan fingerprint density at radius 3 is 2.54 bits per heavy atom. The molecule has 1 aromatic carbocycles. The van der Waals surface area contributed by atoms with Gasteiger partial charge in [-0.15, -0.1) is 0 Å². The van der Waals surface area contributed by atoms with E-state index in [1.165, 1.54) is 0 Å². The molecule has 1 heterocycles. The van der Waals surface area contributed by atoms with Gasteiger partial charge in [-0.25, -0.2) is 4.98 Å². The maximum Gasteiger partial charge on any atom is 0.262 e. The van der Waals surface area contributed by atoms with E-state index < -0.39 is 0 Å². The van der Waals surface area contributed by atoms with Crippen LogP contribution in [-0.4, -0.2) is 52.5 Å². The van der Waals surface area contributed by atoms with Crippen molar-refractivity contribution >= 4 is 22.7 Å². The summed E-state index contributed by atoms with van der Waals surface area (Å²) in [6.45, 7) is 11.0. The lowest BCUT2D eigenvalue weighted by Gasteiger charge is -2.30. The van der Waals surface area contributed by atoms with Gasteiger partial charge in [-0.05, 0) is 46.2 Å². The lowest BCUT2D eigenvalue weighted by Crippen LogP contribution is -2.40. The van der Waals surface area contributed by atoms with Gasteiger partial charge in [0.2, 0.25) is 0 Å². The summed E-state index contributed by atoms with van der Waals surface area (Å²) in [5, 5.41) is 1.49. The van der Waals surface area contributed by atoms with Crippen molar-refractivity contribution in [2.45, 2.75) is 57.9 Å². The smallest absolute Gasteiger partial charge is 0.262 e. The minimum Gasteiger partial charge on any atom is -0.385 e. The van der Waals surface area contributed by atoms with Crippen LogP contribution in [0.15, 0.2) is 34.2 Å². The van der Waals surface area contributed by atoms with Crippen molar-refractivity contribution in [1.82, 2.24) is 14.5 Å². The summed E-state index contributed by atoms with van der Waals surface area (Å²) in [5.74, 6) is 0.886. The third kappa shape index (κ3) is 5.32. The van der Waals surface area contributed by atoms with E-state index in [0.29, 0.717) is 24.0 Å². The number of aromatic nitrogens is 2. The largest absolute Gasteiger partial charge is 0.385 e. The zero-order chi connectivity index (χ0) is 19.1. The standard InChI is InChI=1S/C20H31N3O2S/c1-15(2)22(16(3)4)11-12-23-19(24)17-9-6-7-10-18(17)21-20(23)26-14-8-13-25-5/h6-7,9-10,15-16H,8,11-14H2,1-5H3. The maximum atomic E-state index is 13.1. The van der Waals surface area contributed by atoms with Crippen LogP contribution >= 0.6 is 11.8 Å². The molecule has 0 radical (unpaired) electrons. The molecule has 1 aromatic heterocycles. The van der Waals surface area contributed by atoms with Crippen molar-refractivity contribution in [2.75, 3.05) is 26.0 Å². The van der Waals surface area contributed by atoms with Crippen LogP contribution in [0.2, 0.25) is 0 Å². The quantitative estimate of drug-likeness (QED) is 0.359. The molecule has 0 aliphatic rings. The zero-order valence-electron chi connectivity index (χ0n) is 16.6. The van der Waals surface area contributed by atoms with E-state index in [1.54, 1.807) is 18.9 Å². The number of rotatable bonds is 10. The van der Waals surface area contributed by atoms with Gasteiger partial charge in [0, 0.05) is 44.6 Å². The molecule has 0 N–H and O–H groups in total. The molecular weight excluding hydrogens is 346 g/mol. The molecule has 0 aliphatic heterocycles. The van der Waals surface area contributed by atoms with Crippen LogP contribution < -0.4 is 5.56 Å². The van der Waals surface area contributed by atoms with E-state index in [1.807, 2.05) is 28.8 Å². The fraction of sp³-hybridized carbons (Fsp3) is 0.600. The van der Waals surface area contributed by atoms with E-state index in [0.717, 1.165) is 36.0 Å². The van der Waals surface area contributed by atoms with Gasteiger partial charge in [0.1, 0.15) is 0 Å². The molecular formula is C20H31N3O2S. The summed E-state index contributed by atoms with van der Waals surface area (Å²) in [5.41, 5.74) is 0.824. The predicted octanol–water partition coefficient (Wildman–Crippen LogP) is 3.64. The molecule has 144 valence electrons. The first-order chi connectivity index (χ1) is 12.5. The second-order valence-electron chi connectivity index (χ2n) is 6.99. The molecule has 6 heteroatoms. The Balaban J connectivity index is 2.31. The molecule has 0 aliphatic carbocycles. The summed E-state index contributed by atoms with van der Waals surface area (Å²) in [4.78, 5) is 20.2. The number of methoxy groups -OCH3 is 1. The van der Waals surface area contributed by atoms with Crippen LogP contribution in [0.25, 0.3) is 10.9 Å². The van der Waals surface area contributed by atoms with E-state index in [2.05, 4.69) is 32.6 Å². The molecule has 0 bridgehead atoms. The SMILES string of the molecule is COCCCSc1nc2ccccc2c(=O)n1CCN(C(C)C)C(C)C. The number of para-hydroxylation sites is 1. The van der Waals surface area contributed by atoms with Gasteiger partial charge in [0.05, 0.1) is 10.9 Å². The third-order valence-corrected chi connectivity index (χ3v) is 5.52. The molecule has 0 unspecified atom stereocenters. The minimum absolute atomic E-state index is 0.0531. The summed E-state index contributed by atoms with van der Waals surface area (Å²) in [6.07, 6.45) is 0.938. The zero-order valence-corrected chi connectivity index (χ0v) is 17.4. The fourth-order valence-electron chi connectivity index (χ4n) is 3.15. The number of benzene rings is 1. The first kappa shape index (κ1) is 20.9. The maximum absolute atomic E-state index is 13.1. The molecule has 0 saturated carbocycles. The highest BCUT2D eigenvalue weighted by Gasteiger charge is 2.16. The van der Waals surface area contributed by atoms with Gasteiger partial charge in [-0.3, -0.25) is 14.3 Å². The number of fused-ring (bicyclic) bond motifs is 1. The molecule has 0 amide bonds. The molecule has 0 atom stereocenters. The van der Waals surface area contributed by atoms with Crippen molar-refractivity contribution in [3.05, 3.63) is 34.6 Å². The highest BCUT2D eigenvalue weighted by molar-refractivity contribution is 7.99. The lowest BCUT2D eigenvalue weighted by atomic mass is 10.2. The Bertz CT molecular complexity index is 750. The molecule has 5 nitrogen and oxygen atoms in total. The van der Waals surface area contributed by atoms with E-state index in [-0.39, 0.29) is 5.56 Å². The second kappa shape index (κ2) is 10.1. The van der Waals surface area contributed by atoms with Crippen LogP contribution in [0.3, 0.4) is 0 Å². The van der Waals surface area contributed by atoms with Gasteiger partial charge < -0.3 is 4.74 Å². The average Bonchev–Trinajstić information content (AvgIpc) is 2.60. The van der Waals surface area contributed by atoms with Gasteiger partial charge in [-0.2, -0.15) is 0 Å². The van der Waals surface area contributed by atoms with Crippen LogP contribution in [0.5, 0.6) is 0 Å². The van der Waals surface area contributed by atoms with Gasteiger partial charge in [-0.1, -0.05) is 23.9 Å². The van der Waals surface area contributed by atoms with Gasteiger partial charge in [0.25, 0.3) is 5.56 Å². The number of hydrogen-bond donors (Lipinski definition) is 0. The van der Waals surface area contributed by atoms with Crippen LogP contribution in [0.1, 0.15) is 34.1 Å². The third-order valence-electron chi connectivity index (χ3n) is 4.46. The van der Waals surface area contributed by atoms with Crippen molar-refractivity contribution in [3.8, 4) is 0 Å². The molecule has 0 spiro atoms. The van der Waals surface area contributed by atoms with E-state index in [4.69, 9.17) is 9.72 Å². The topological polar surface area (TPSA) is 47.4 Å². The van der Waals surface area contributed by atoms with Crippen molar-refractivity contribution in [1.29, 1.82) is 0 Å². The van der Waals surface area contributed by atoms with Crippen LogP contribution in [-0.2, 0) is 11.3 Å². The van der Waals surface area contributed by atoms with Crippen LogP contribution in [0, 0.1) is 0 Å². The Hall–Kier alpha value is -1.37. The van der Waals surface area contributed by atoms with Gasteiger partial charge in [0.15, 0.2) is 5.16 Å². The lowest BCUT2D eigenvalue weighted by molar-refractivity contribution is 0.166. The fourth-order valence-corrected chi connectivity index (χ4v) is 4.09. The summed E-state index contributed by atoms with van der Waals surface area (Å²) in [7, 11) is 1.71. The molecule has 0 saturated heterocycles. The van der Waals surface area contributed by atoms with E-state index >= 15 is 0 Å². The van der Waals surface area contributed by atoms with Crippen molar-refractivity contribution < 1.29 is 4.74 Å². The molecule has 2 aromatic rings. The minimum atomic E-state index is 0.0531. The Labute approximate surface area is 160 Å². The van der Waals surface area contributed by atoms with Crippen molar-refractivity contribution in [3.63, 3.8) is 0 Å². The van der Waals surface area contributed by atoms with E-state index in [9.17, 15) is 4.79 Å². The highest BCUT2D eigenvalue weighted by atomic mass is 32.2. The molecule has 2 rings (SSSR count).